The average Bonchev–Trinajstić information content (AvgIpc) is 3.22. The molecule has 1 atom stereocenters. The lowest BCUT2D eigenvalue weighted by atomic mass is 10.1. The SMILES string of the molecule is CN=C(NCCc1c(C)noc1C)NC1CCN(c2c(F)cccc2F)C1. The zero-order chi connectivity index (χ0) is 19.4. The van der Waals surface area contributed by atoms with Crippen LogP contribution >= 0.6 is 0 Å². The number of guanidine groups is 1. The zero-order valence-corrected chi connectivity index (χ0v) is 15.9. The van der Waals surface area contributed by atoms with Crippen LogP contribution in [0.4, 0.5) is 14.5 Å². The third kappa shape index (κ3) is 4.37. The Morgan fingerprint density at radius 1 is 1.33 bits per heavy atom. The van der Waals surface area contributed by atoms with Crippen molar-refractivity contribution in [3.8, 4) is 0 Å². The molecule has 8 heteroatoms. The first kappa shape index (κ1) is 19.1. The highest BCUT2D eigenvalue weighted by atomic mass is 19.1. The van der Waals surface area contributed by atoms with E-state index in [4.69, 9.17) is 4.52 Å². The molecule has 6 nitrogen and oxygen atoms in total. The van der Waals surface area contributed by atoms with Gasteiger partial charge in [0.1, 0.15) is 23.1 Å². The van der Waals surface area contributed by atoms with Gasteiger partial charge in [-0.1, -0.05) is 11.2 Å². The second-order valence-electron chi connectivity index (χ2n) is 6.70. The largest absolute Gasteiger partial charge is 0.365 e. The monoisotopic (exact) mass is 377 g/mol. The van der Waals surface area contributed by atoms with E-state index in [1.54, 1.807) is 11.9 Å². The first-order valence-electron chi connectivity index (χ1n) is 9.07. The highest BCUT2D eigenvalue weighted by Gasteiger charge is 2.27. The van der Waals surface area contributed by atoms with E-state index in [1.165, 1.54) is 18.2 Å². The van der Waals surface area contributed by atoms with Crippen molar-refractivity contribution in [3.05, 3.63) is 46.9 Å². The highest BCUT2D eigenvalue weighted by Crippen LogP contribution is 2.26. The van der Waals surface area contributed by atoms with Gasteiger partial charge in [-0.25, -0.2) is 8.78 Å². The van der Waals surface area contributed by atoms with Gasteiger partial charge in [0.2, 0.25) is 0 Å². The van der Waals surface area contributed by atoms with Crippen LogP contribution in [-0.2, 0) is 6.42 Å². The predicted octanol–water partition coefficient (Wildman–Crippen LogP) is 2.56. The summed E-state index contributed by atoms with van der Waals surface area (Å²) in [6.07, 6.45) is 1.55. The molecule has 1 aromatic heterocycles. The Labute approximate surface area is 157 Å². The average molecular weight is 377 g/mol. The van der Waals surface area contributed by atoms with Crippen molar-refractivity contribution in [1.29, 1.82) is 0 Å². The second-order valence-corrected chi connectivity index (χ2v) is 6.70. The lowest BCUT2D eigenvalue weighted by Crippen LogP contribution is -2.45. The van der Waals surface area contributed by atoms with E-state index in [0.29, 0.717) is 25.6 Å². The molecule has 0 radical (unpaired) electrons. The van der Waals surface area contributed by atoms with Crippen molar-refractivity contribution >= 4 is 11.6 Å². The van der Waals surface area contributed by atoms with Gasteiger partial charge in [-0.2, -0.15) is 0 Å². The number of anilines is 1. The standard InChI is InChI=1S/C19H25F2N5O/c1-12-15(13(2)27-25-12)7-9-23-19(22-3)24-14-8-10-26(11-14)18-16(20)5-4-6-17(18)21/h4-6,14H,7-11H2,1-3H3,(H2,22,23,24). The first-order valence-corrected chi connectivity index (χ1v) is 9.07. The number of benzene rings is 1. The summed E-state index contributed by atoms with van der Waals surface area (Å²) in [7, 11) is 1.70. The predicted molar refractivity (Wildman–Crippen MR) is 101 cm³/mol. The number of rotatable bonds is 5. The molecule has 27 heavy (non-hydrogen) atoms. The Morgan fingerprint density at radius 3 is 2.70 bits per heavy atom. The second kappa shape index (κ2) is 8.37. The first-order chi connectivity index (χ1) is 13.0. The molecule has 1 fully saturated rings. The number of nitrogens with zero attached hydrogens (tertiary/aromatic N) is 3. The lowest BCUT2D eigenvalue weighted by molar-refractivity contribution is 0.392. The molecule has 2 heterocycles. The summed E-state index contributed by atoms with van der Waals surface area (Å²) < 4.78 is 33.1. The summed E-state index contributed by atoms with van der Waals surface area (Å²) in [6, 6.07) is 4.02. The van der Waals surface area contributed by atoms with E-state index in [-0.39, 0.29) is 11.7 Å². The quantitative estimate of drug-likeness (QED) is 0.619. The number of para-hydroxylation sites is 1. The minimum absolute atomic E-state index is 0.0446. The Hall–Kier alpha value is -2.64. The summed E-state index contributed by atoms with van der Waals surface area (Å²) >= 11 is 0. The fraction of sp³-hybridized carbons (Fsp3) is 0.474. The van der Waals surface area contributed by atoms with Crippen LogP contribution in [0.15, 0.2) is 27.7 Å². The van der Waals surface area contributed by atoms with E-state index >= 15 is 0 Å². The van der Waals surface area contributed by atoms with E-state index in [1.807, 2.05) is 13.8 Å². The number of aryl methyl sites for hydroxylation is 2. The third-order valence-corrected chi connectivity index (χ3v) is 4.86. The summed E-state index contributed by atoms with van der Waals surface area (Å²) in [5.74, 6) is 0.438. The van der Waals surface area contributed by atoms with Crippen LogP contribution in [0.25, 0.3) is 0 Å². The van der Waals surface area contributed by atoms with Gasteiger partial charge in [-0.3, -0.25) is 4.99 Å². The molecule has 0 amide bonds. The molecule has 1 aliphatic heterocycles. The fourth-order valence-electron chi connectivity index (χ4n) is 3.43. The Morgan fingerprint density at radius 2 is 2.07 bits per heavy atom. The van der Waals surface area contributed by atoms with E-state index in [0.717, 1.165) is 29.9 Å². The van der Waals surface area contributed by atoms with Crippen molar-refractivity contribution in [2.24, 2.45) is 4.99 Å². The molecule has 2 N–H and O–H groups in total. The molecule has 3 rings (SSSR count). The Bertz CT molecular complexity index is 781. The number of aromatic nitrogens is 1. The van der Waals surface area contributed by atoms with Crippen molar-refractivity contribution in [1.82, 2.24) is 15.8 Å². The minimum atomic E-state index is -0.530. The highest BCUT2D eigenvalue weighted by molar-refractivity contribution is 5.80. The van der Waals surface area contributed by atoms with Crippen LogP contribution in [0, 0.1) is 25.5 Å². The third-order valence-electron chi connectivity index (χ3n) is 4.86. The van der Waals surface area contributed by atoms with Crippen molar-refractivity contribution in [2.75, 3.05) is 31.6 Å². The molecule has 146 valence electrons. The van der Waals surface area contributed by atoms with E-state index < -0.39 is 11.6 Å². The van der Waals surface area contributed by atoms with Crippen molar-refractivity contribution < 1.29 is 13.3 Å². The van der Waals surface area contributed by atoms with Gasteiger partial charge < -0.3 is 20.1 Å². The summed E-state index contributed by atoms with van der Waals surface area (Å²) in [5, 5.41) is 10.5. The fourth-order valence-corrected chi connectivity index (χ4v) is 3.43. The number of hydrogen-bond acceptors (Lipinski definition) is 4. The molecule has 0 bridgehead atoms. The number of halogens is 2. The lowest BCUT2D eigenvalue weighted by Gasteiger charge is -2.21. The van der Waals surface area contributed by atoms with Crippen LogP contribution in [0.1, 0.15) is 23.4 Å². The smallest absolute Gasteiger partial charge is 0.191 e. The molecule has 0 aliphatic carbocycles. The number of hydrogen-bond donors (Lipinski definition) is 2. The van der Waals surface area contributed by atoms with Crippen LogP contribution in [0.5, 0.6) is 0 Å². The molecule has 1 aromatic carbocycles. The summed E-state index contributed by atoms with van der Waals surface area (Å²) in [4.78, 5) is 5.97. The van der Waals surface area contributed by atoms with Crippen LogP contribution < -0.4 is 15.5 Å². The zero-order valence-electron chi connectivity index (χ0n) is 15.9. The van der Waals surface area contributed by atoms with Crippen molar-refractivity contribution in [2.45, 2.75) is 32.7 Å². The molecule has 1 saturated heterocycles. The molecular weight excluding hydrogens is 352 g/mol. The van der Waals surface area contributed by atoms with Crippen LogP contribution in [0.2, 0.25) is 0 Å². The van der Waals surface area contributed by atoms with Gasteiger partial charge in [0.05, 0.1) is 5.69 Å². The van der Waals surface area contributed by atoms with Gasteiger partial charge in [-0.15, -0.1) is 0 Å². The minimum Gasteiger partial charge on any atom is -0.365 e. The Kier molecular flexibility index (Phi) is 5.93. The maximum atomic E-state index is 14.0. The van der Waals surface area contributed by atoms with Gasteiger partial charge in [0.25, 0.3) is 0 Å². The molecule has 2 aromatic rings. The maximum absolute atomic E-state index is 14.0. The molecule has 1 aliphatic rings. The van der Waals surface area contributed by atoms with Crippen LogP contribution in [0.3, 0.4) is 0 Å². The van der Waals surface area contributed by atoms with Gasteiger partial charge in [-0.05, 0) is 38.8 Å². The Balaban J connectivity index is 1.52. The van der Waals surface area contributed by atoms with Gasteiger partial charge >= 0.3 is 0 Å². The normalized spacial score (nSPS) is 17.4. The molecule has 1 unspecified atom stereocenters. The summed E-state index contributed by atoms with van der Waals surface area (Å²) in [6.45, 7) is 5.61. The van der Waals surface area contributed by atoms with Gasteiger partial charge in [0.15, 0.2) is 5.96 Å². The molecule has 0 spiro atoms. The van der Waals surface area contributed by atoms with E-state index in [2.05, 4.69) is 20.8 Å². The van der Waals surface area contributed by atoms with Crippen molar-refractivity contribution in [3.63, 3.8) is 0 Å². The maximum Gasteiger partial charge on any atom is 0.191 e. The number of aliphatic imine (C=N–C) groups is 1. The summed E-state index contributed by atoms with van der Waals surface area (Å²) in [5.41, 5.74) is 2.04. The number of nitrogens with one attached hydrogen (secondary N) is 2. The van der Waals surface area contributed by atoms with Crippen LogP contribution in [-0.4, -0.2) is 43.8 Å². The van der Waals surface area contributed by atoms with E-state index in [9.17, 15) is 8.78 Å². The topological polar surface area (TPSA) is 65.7 Å². The van der Waals surface area contributed by atoms with Gasteiger partial charge in [0, 0.05) is 38.3 Å². The molecule has 0 saturated carbocycles. The molecular formula is C19H25F2N5O.